The van der Waals surface area contributed by atoms with Gasteiger partial charge in [-0.25, -0.2) is 4.39 Å². The van der Waals surface area contributed by atoms with Gasteiger partial charge in [0.2, 0.25) is 0 Å². The maximum atomic E-state index is 12.5. The molecule has 1 unspecified atom stereocenters. The molecule has 0 aromatic carbocycles. The molecule has 1 aliphatic rings. The highest BCUT2D eigenvalue weighted by atomic mass is 19.1. The Morgan fingerprint density at radius 3 is 3.00 bits per heavy atom. The average molecular weight is 161 g/mol. The predicted octanol–water partition coefficient (Wildman–Crippen LogP) is 0.203. The van der Waals surface area contributed by atoms with Crippen LogP contribution >= 0.6 is 0 Å². The van der Waals surface area contributed by atoms with Gasteiger partial charge in [0.1, 0.15) is 6.17 Å². The lowest BCUT2D eigenvalue weighted by atomic mass is 10.3. The van der Waals surface area contributed by atoms with Crippen molar-refractivity contribution in [1.82, 2.24) is 4.90 Å². The van der Waals surface area contributed by atoms with Crippen LogP contribution in [0.3, 0.4) is 0 Å². The second-order valence-corrected chi connectivity index (χ2v) is 2.70. The maximum absolute atomic E-state index is 12.5. The van der Waals surface area contributed by atoms with E-state index < -0.39 is 6.17 Å². The molecule has 0 amide bonds. The van der Waals surface area contributed by atoms with Crippen molar-refractivity contribution >= 4 is 5.97 Å². The van der Waals surface area contributed by atoms with Crippen molar-refractivity contribution in [2.24, 2.45) is 0 Å². The first-order chi connectivity index (χ1) is 5.22. The Morgan fingerprint density at radius 1 is 1.82 bits per heavy atom. The van der Waals surface area contributed by atoms with Gasteiger partial charge in [-0.05, 0) is 6.42 Å². The third kappa shape index (κ3) is 2.46. The number of hydrogen-bond donors (Lipinski definition) is 0. The number of rotatable bonds is 2. The van der Waals surface area contributed by atoms with Gasteiger partial charge in [-0.15, -0.1) is 0 Å². The number of hydrogen-bond acceptors (Lipinski definition) is 3. The van der Waals surface area contributed by atoms with Crippen LogP contribution < -0.4 is 0 Å². The van der Waals surface area contributed by atoms with E-state index >= 15 is 0 Å². The Hall–Kier alpha value is -0.640. The number of nitrogens with zero attached hydrogens (tertiary/aromatic N) is 1. The van der Waals surface area contributed by atoms with E-state index in [1.54, 1.807) is 4.90 Å². The lowest BCUT2D eigenvalue weighted by molar-refractivity contribution is -0.141. The van der Waals surface area contributed by atoms with Gasteiger partial charge in [0, 0.05) is 13.1 Å². The normalized spacial score (nSPS) is 25.5. The van der Waals surface area contributed by atoms with Crippen LogP contribution in [0.25, 0.3) is 0 Å². The first-order valence-corrected chi connectivity index (χ1v) is 3.65. The van der Waals surface area contributed by atoms with Crippen LogP contribution in [0.5, 0.6) is 0 Å². The quantitative estimate of drug-likeness (QED) is 0.542. The zero-order valence-electron chi connectivity index (χ0n) is 6.55. The highest BCUT2D eigenvalue weighted by Crippen LogP contribution is 2.11. The van der Waals surface area contributed by atoms with Crippen molar-refractivity contribution in [2.75, 3.05) is 26.7 Å². The molecular formula is C7H12FNO2. The summed E-state index contributed by atoms with van der Waals surface area (Å²) in [6.07, 6.45) is -0.226. The number of likely N-dealkylation sites (tertiary alicyclic amines) is 1. The minimum atomic E-state index is -0.764. The van der Waals surface area contributed by atoms with E-state index in [2.05, 4.69) is 4.74 Å². The summed E-state index contributed by atoms with van der Waals surface area (Å²) < 4.78 is 17.0. The number of alkyl halides is 1. The van der Waals surface area contributed by atoms with Gasteiger partial charge in [0.15, 0.2) is 0 Å². The fraction of sp³-hybridized carbons (Fsp3) is 0.857. The average Bonchev–Trinajstić information content (AvgIpc) is 2.35. The van der Waals surface area contributed by atoms with Gasteiger partial charge >= 0.3 is 5.97 Å². The van der Waals surface area contributed by atoms with Crippen molar-refractivity contribution in [3.63, 3.8) is 0 Å². The van der Waals surface area contributed by atoms with Gasteiger partial charge in [-0.2, -0.15) is 0 Å². The number of esters is 1. The van der Waals surface area contributed by atoms with Gasteiger partial charge < -0.3 is 4.74 Å². The largest absolute Gasteiger partial charge is 0.468 e. The van der Waals surface area contributed by atoms with E-state index in [9.17, 15) is 9.18 Å². The molecule has 1 heterocycles. The third-order valence-electron chi connectivity index (χ3n) is 1.80. The summed E-state index contributed by atoms with van der Waals surface area (Å²) in [6.45, 7) is 1.25. The second kappa shape index (κ2) is 3.67. The van der Waals surface area contributed by atoms with Crippen LogP contribution in [0.1, 0.15) is 6.42 Å². The Morgan fingerprint density at radius 2 is 2.55 bits per heavy atom. The molecule has 0 aromatic rings. The molecule has 0 aromatic heterocycles. The molecule has 0 spiro atoms. The molecule has 0 N–H and O–H groups in total. The molecule has 1 saturated heterocycles. The van der Waals surface area contributed by atoms with Crippen LogP contribution in [0.4, 0.5) is 4.39 Å². The topological polar surface area (TPSA) is 29.5 Å². The van der Waals surface area contributed by atoms with E-state index in [1.807, 2.05) is 0 Å². The van der Waals surface area contributed by atoms with Crippen molar-refractivity contribution in [3.8, 4) is 0 Å². The summed E-state index contributed by atoms with van der Waals surface area (Å²) in [6, 6.07) is 0. The Labute approximate surface area is 65.1 Å². The second-order valence-electron chi connectivity index (χ2n) is 2.70. The summed E-state index contributed by atoms with van der Waals surface area (Å²) >= 11 is 0. The molecule has 0 radical (unpaired) electrons. The van der Waals surface area contributed by atoms with Crippen molar-refractivity contribution in [2.45, 2.75) is 12.6 Å². The van der Waals surface area contributed by atoms with Gasteiger partial charge in [-0.1, -0.05) is 0 Å². The Balaban J connectivity index is 2.23. The molecule has 0 aliphatic carbocycles. The predicted molar refractivity (Wildman–Crippen MR) is 38.0 cm³/mol. The SMILES string of the molecule is COC(=O)CN1CCC(F)C1. The lowest BCUT2D eigenvalue weighted by Gasteiger charge is -2.11. The fourth-order valence-corrected chi connectivity index (χ4v) is 1.18. The summed E-state index contributed by atoms with van der Waals surface area (Å²) in [4.78, 5) is 12.4. The molecule has 1 fully saturated rings. The zero-order chi connectivity index (χ0) is 8.27. The summed E-state index contributed by atoms with van der Waals surface area (Å²) in [5, 5.41) is 0. The number of carbonyl (C=O) groups is 1. The summed E-state index contributed by atoms with van der Waals surface area (Å²) in [5.41, 5.74) is 0. The zero-order valence-corrected chi connectivity index (χ0v) is 6.55. The number of carbonyl (C=O) groups excluding carboxylic acids is 1. The summed E-state index contributed by atoms with van der Waals surface area (Å²) in [5.74, 6) is -0.292. The molecule has 1 aliphatic heterocycles. The van der Waals surface area contributed by atoms with Crippen molar-refractivity contribution in [3.05, 3.63) is 0 Å². The highest BCUT2D eigenvalue weighted by Gasteiger charge is 2.23. The fourth-order valence-electron chi connectivity index (χ4n) is 1.18. The first-order valence-electron chi connectivity index (χ1n) is 3.65. The van der Waals surface area contributed by atoms with Crippen LogP contribution in [-0.2, 0) is 9.53 Å². The lowest BCUT2D eigenvalue weighted by Crippen LogP contribution is -2.28. The van der Waals surface area contributed by atoms with Crippen molar-refractivity contribution < 1.29 is 13.9 Å². The van der Waals surface area contributed by atoms with E-state index in [1.165, 1.54) is 7.11 Å². The number of halogens is 1. The summed E-state index contributed by atoms with van der Waals surface area (Å²) in [7, 11) is 1.34. The number of methoxy groups -OCH3 is 1. The molecule has 3 nitrogen and oxygen atoms in total. The highest BCUT2D eigenvalue weighted by molar-refractivity contribution is 5.71. The van der Waals surface area contributed by atoms with E-state index in [0.717, 1.165) is 0 Å². The first kappa shape index (κ1) is 8.46. The molecule has 1 atom stereocenters. The maximum Gasteiger partial charge on any atom is 0.319 e. The molecule has 0 bridgehead atoms. The Bertz CT molecular complexity index is 151. The number of ether oxygens (including phenoxy) is 1. The third-order valence-corrected chi connectivity index (χ3v) is 1.80. The van der Waals surface area contributed by atoms with Crippen LogP contribution in [0.15, 0.2) is 0 Å². The Kier molecular flexibility index (Phi) is 2.82. The van der Waals surface area contributed by atoms with Crippen LogP contribution in [-0.4, -0.2) is 43.8 Å². The molecule has 1 rings (SSSR count). The smallest absolute Gasteiger partial charge is 0.319 e. The van der Waals surface area contributed by atoms with Gasteiger partial charge in [0.05, 0.1) is 13.7 Å². The molecule has 64 valence electrons. The minimum Gasteiger partial charge on any atom is -0.468 e. The molecule has 11 heavy (non-hydrogen) atoms. The molecule has 0 saturated carbocycles. The monoisotopic (exact) mass is 161 g/mol. The van der Waals surface area contributed by atoms with Crippen LogP contribution in [0, 0.1) is 0 Å². The molecular weight excluding hydrogens is 149 g/mol. The van der Waals surface area contributed by atoms with E-state index in [-0.39, 0.29) is 12.5 Å². The van der Waals surface area contributed by atoms with E-state index in [0.29, 0.717) is 19.5 Å². The van der Waals surface area contributed by atoms with Gasteiger partial charge in [-0.3, -0.25) is 9.69 Å². The van der Waals surface area contributed by atoms with Crippen LogP contribution in [0.2, 0.25) is 0 Å². The minimum absolute atomic E-state index is 0.219. The standard InChI is InChI=1S/C7H12FNO2/c1-11-7(10)5-9-3-2-6(8)4-9/h6H,2-5H2,1H3. The van der Waals surface area contributed by atoms with Crippen molar-refractivity contribution in [1.29, 1.82) is 0 Å². The van der Waals surface area contributed by atoms with Gasteiger partial charge in [0.25, 0.3) is 0 Å². The molecule has 4 heteroatoms. The van der Waals surface area contributed by atoms with E-state index in [4.69, 9.17) is 0 Å².